The molecule has 0 saturated carbocycles. The van der Waals surface area contributed by atoms with Crippen molar-refractivity contribution < 1.29 is 28.3 Å². The van der Waals surface area contributed by atoms with E-state index in [2.05, 4.69) is 26.6 Å². The second-order valence-corrected chi connectivity index (χ2v) is 7.32. The van der Waals surface area contributed by atoms with Crippen LogP contribution in [0.1, 0.15) is 34.8 Å². The molecule has 0 spiro atoms. The standard InChI is InChI=1S/C20H20BrN3O6/c1-3-28-19(26)16-14(9-29-18(25)12-8-11(21)5-6-13(12)22)23-20(27)24-17(16)15-7-4-10(2)30-15/h4-8,17H,3,9,22H2,1-2H3,(H2,23,24,27). The Morgan fingerprint density at radius 3 is 2.63 bits per heavy atom. The Labute approximate surface area is 180 Å². The number of furan rings is 1. The molecule has 1 aliphatic heterocycles. The number of esters is 2. The van der Waals surface area contributed by atoms with Gasteiger partial charge in [-0.15, -0.1) is 0 Å². The molecule has 2 aromatic rings. The van der Waals surface area contributed by atoms with Gasteiger partial charge in [-0.25, -0.2) is 14.4 Å². The fraction of sp³-hybridized carbons (Fsp3) is 0.250. The SMILES string of the molecule is CCOC(=O)C1=C(COC(=O)c2cc(Br)ccc2N)NC(=O)NC1c1ccc(C)o1. The molecule has 158 valence electrons. The lowest BCUT2D eigenvalue weighted by atomic mass is 10.0. The van der Waals surface area contributed by atoms with E-state index < -0.39 is 24.0 Å². The highest BCUT2D eigenvalue weighted by atomic mass is 79.9. The summed E-state index contributed by atoms with van der Waals surface area (Å²) in [5.74, 6) is -0.413. The van der Waals surface area contributed by atoms with E-state index in [-0.39, 0.29) is 35.7 Å². The number of benzene rings is 1. The van der Waals surface area contributed by atoms with Crippen molar-refractivity contribution in [3.05, 3.63) is 63.2 Å². The molecule has 4 N–H and O–H groups in total. The predicted octanol–water partition coefficient (Wildman–Crippen LogP) is 2.96. The normalized spacial score (nSPS) is 16.0. The third-order valence-corrected chi connectivity index (χ3v) is 4.77. The molecular weight excluding hydrogens is 458 g/mol. The molecule has 1 atom stereocenters. The van der Waals surface area contributed by atoms with E-state index in [4.69, 9.17) is 19.6 Å². The molecule has 0 saturated heterocycles. The maximum atomic E-state index is 12.6. The van der Waals surface area contributed by atoms with Crippen LogP contribution in [0.4, 0.5) is 10.5 Å². The van der Waals surface area contributed by atoms with Crippen LogP contribution in [0.25, 0.3) is 0 Å². The molecule has 1 aromatic heterocycles. The molecule has 9 nitrogen and oxygen atoms in total. The molecule has 1 unspecified atom stereocenters. The number of hydrogen-bond donors (Lipinski definition) is 3. The number of halogens is 1. The number of anilines is 1. The number of urea groups is 1. The first-order valence-corrected chi connectivity index (χ1v) is 9.85. The molecule has 2 amide bonds. The van der Waals surface area contributed by atoms with E-state index in [0.29, 0.717) is 16.0 Å². The molecule has 3 rings (SSSR count). The van der Waals surface area contributed by atoms with Crippen molar-refractivity contribution in [3.63, 3.8) is 0 Å². The van der Waals surface area contributed by atoms with Crippen LogP contribution < -0.4 is 16.4 Å². The molecule has 10 heteroatoms. The number of ether oxygens (including phenoxy) is 2. The van der Waals surface area contributed by atoms with Crippen LogP contribution in [0, 0.1) is 6.92 Å². The molecule has 1 aromatic carbocycles. The van der Waals surface area contributed by atoms with E-state index in [1.807, 2.05) is 0 Å². The molecular formula is C20H20BrN3O6. The van der Waals surface area contributed by atoms with Crippen LogP contribution in [0.15, 0.2) is 50.5 Å². The van der Waals surface area contributed by atoms with Crippen LogP contribution in [0.5, 0.6) is 0 Å². The van der Waals surface area contributed by atoms with Gasteiger partial charge in [0.2, 0.25) is 0 Å². The highest BCUT2D eigenvalue weighted by Crippen LogP contribution is 2.29. The Bertz CT molecular complexity index is 1030. The minimum atomic E-state index is -0.892. The van der Waals surface area contributed by atoms with Crippen molar-refractivity contribution in [2.45, 2.75) is 19.9 Å². The van der Waals surface area contributed by atoms with Crippen LogP contribution in [0.2, 0.25) is 0 Å². The summed E-state index contributed by atoms with van der Waals surface area (Å²) in [4.78, 5) is 37.3. The number of amides is 2. The quantitative estimate of drug-likeness (QED) is 0.430. The summed E-state index contributed by atoms with van der Waals surface area (Å²) in [6.45, 7) is 3.16. The second kappa shape index (κ2) is 9.04. The fourth-order valence-corrected chi connectivity index (χ4v) is 3.29. The first-order chi connectivity index (χ1) is 14.3. The lowest BCUT2D eigenvalue weighted by Gasteiger charge is -2.27. The minimum Gasteiger partial charge on any atom is -0.464 e. The third-order valence-electron chi connectivity index (χ3n) is 4.28. The van der Waals surface area contributed by atoms with Crippen LogP contribution in [0.3, 0.4) is 0 Å². The van der Waals surface area contributed by atoms with Crippen LogP contribution in [-0.4, -0.2) is 31.2 Å². The monoisotopic (exact) mass is 477 g/mol. The highest BCUT2D eigenvalue weighted by molar-refractivity contribution is 9.10. The van der Waals surface area contributed by atoms with Crippen molar-refractivity contribution in [2.24, 2.45) is 0 Å². The van der Waals surface area contributed by atoms with E-state index in [1.165, 1.54) is 6.07 Å². The maximum absolute atomic E-state index is 12.6. The largest absolute Gasteiger partial charge is 0.464 e. The fourth-order valence-electron chi connectivity index (χ4n) is 2.92. The topological polar surface area (TPSA) is 133 Å². The molecule has 30 heavy (non-hydrogen) atoms. The zero-order valence-corrected chi connectivity index (χ0v) is 17.9. The number of aryl methyl sites for hydroxylation is 1. The van der Waals surface area contributed by atoms with Crippen molar-refractivity contribution >= 4 is 39.6 Å². The van der Waals surface area contributed by atoms with Crippen LogP contribution in [-0.2, 0) is 14.3 Å². The molecule has 0 bridgehead atoms. The van der Waals surface area contributed by atoms with Crippen molar-refractivity contribution in [1.82, 2.24) is 10.6 Å². The van der Waals surface area contributed by atoms with E-state index in [0.717, 1.165) is 0 Å². The molecule has 0 radical (unpaired) electrons. The number of nitrogens with one attached hydrogen (secondary N) is 2. The molecule has 0 fully saturated rings. The van der Waals surface area contributed by atoms with Crippen molar-refractivity contribution in [2.75, 3.05) is 18.9 Å². The molecule has 2 heterocycles. The Morgan fingerprint density at radius 1 is 1.20 bits per heavy atom. The molecule has 0 aliphatic carbocycles. The second-order valence-electron chi connectivity index (χ2n) is 6.40. The predicted molar refractivity (Wildman–Crippen MR) is 110 cm³/mol. The summed E-state index contributed by atoms with van der Waals surface area (Å²) >= 11 is 3.27. The Balaban J connectivity index is 1.92. The van der Waals surface area contributed by atoms with Gasteiger partial charge in [0.15, 0.2) is 0 Å². The Hall–Kier alpha value is -3.27. The van der Waals surface area contributed by atoms with Gasteiger partial charge in [-0.05, 0) is 44.2 Å². The summed E-state index contributed by atoms with van der Waals surface area (Å²) < 4.78 is 16.7. The minimum absolute atomic E-state index is 0.0841. The molecule has 1 aliphatic rings. The number of nitrogen functional groups attached to an aromatic ring is 1. The zero-order chi connectivity index (χ0) is 21.8. The van der Waals surface area contributed by atoms with Gasteiger partial charge in [0.1, 0.15) is 24.2 Å². The number of rotatable bonds is 6. The van der Waals surface area contributed by atoms with Gasteiger partial charge in [-0.1, -0.05) is 15.9 Å². The smallest absolute Gasteiger partial charge is 0.340 e. The average molecular weight is 478 g/mol. The zero-order valence-electron chi connectivity index (χ0n) is 16.3. The van der Waals surface area contributed by atoms with Gasteiger partial charge in [0.25, 0.3) is 0 Å². The van der Waals surface area contributed by atoms with Crippen molar-refractivity contribution in [1.29, 1.82) is 0 Å². The van der Waals surface area contributed by atoms with E-state index in [9.17, 15) is 14.4 Å². The maximum Gasteiger partial charge on any atom is 0.340 e. The first kappa shape index (κ1) is 21.4. The summed E-state index contributed by atoms with van der Waals surface area (Å²) in [5, 5.41) is 5.15. The van der Waals surface area contributed by atoms with Gasteiger partial charge in [-0.3, -0.25) is 0 Å². The average Bonchev–Trinajstić information content (AvgIpc) is 3.13. The van der Waals surface area contributed by atoms with Gasteiger partial charge < -0.3 is 30.3 Å². The van der Waals surface area contributed by atoms with Crippen LogP contribution >= 0.6 is 15.9 Å². The summed E-state index contributed by atoms with van der Waals surface area (Å²) in [5.41, 5.74) is 6.41. The summed E-state index contributed by atoms with van der Waals surface area (Å²) in [7, 11) is 0. The number of hydrogen-bond acceptors (Lipinski definition) is 7. The third kappa shape index (κ3) is 4.65. The number of carbonyl (C=O) groups is 3. The summed E-state index contributed by atoms with van der Waals surface area (Å²) in [6, 6.07) is 6.67. The lowest BCUT2D eigenvalue weighted by Crippen LogP contribution is -2.47. The van der Waals surface area contributed by atoms with Gasteiger partial charge >= 0.3 is 18.0 Å². The number of carbonyl (C=O) groups excluding carboxylic acids is 3. The first-order valence-electron chi connectivity index (χ1n) is 9.06. The van der Waals surface area contributed by atoms with E-state index >= 15 is 0 Å². The van der Waals surface area contributed by atoms with Gasteiger partial charge in [0.05, 0.1) is 23.4 Å². The van der Waals surface area contributed by atoms with E-state index in [1.54, 1.807) is 38.1 Å². The Morgan fingerprint density at radius 2 is 1.97 bits per heavy atom. The summed E-state index contributed by atoms with van der Waals surface area (Å²) in [6.07, 6.45) is 0. The lowest BCUT2D eigenvalue weighted by molar-refractivity contribution is -0.139. The highest BCUT2D eigenvalue weighted by Gasteiger charge is 2.36. The van der Waals surface area contributed by atoms with Crippen molar-refractivity contribution in [3.8, 4) is 0 Å². The Kier molecular flexibility index (Phi) is 6.46. The van der Waals surface area contributed by atoms with Gasteiger partial charge in [-0.2, -0.15) is 0 Å². The van der Waals surface area contributed by atoms with Gasteiger partial charge in [0, 0.05) is 10.2 Å². The number of nitrogens with two attached hydrogens (primary N) is 1.